The van der Waals surface area contributed by atoms with Crippen molar-refractivity contribution in [1.29, 1.82) is 0 Å². The lowest BCUT2D eigenvalue weighted by Crippen LogP contribution is -2.56. The third-order valence-electron chi connectivity index (χ3n) is 1.21. The van der Waals surface area contributed by atoms with E-state index in [2.05, 4.69) is 12.6 Å². The number of hydroxylamine groups is 2. The van der Waals surface area contributed by atoms with E-state index in [9.17, 15) is 9.59 Å². The average Bonchev–Trinajstić information content (AvgIpc) is 2.01. The smallest absolute Gasteiger partial charge is 0.360 e. The molecule has 0 radical (unpaired) electrons. The van der Waals surface area contributed by atoms with Gasteiger partial charge in [0.25, 0.3) is 5.72 Å². The molecule has 0 bridgehead atoms. The summed E-state index contributed by atoms with van der Waals surface area (Å²) in [5.41, 5.74) is -2.66. The van der Waals surface area contributed by atoms with Crippen molar-refractivity contribution in [3.63, 3.8) is 0 Å². The molecule has 0 aromatic heterocycles. The Hall–Kier alpha value is -0.790. The van der Waals surface area contributed by atoms with Crippen LogP contribution < -0.4 is 0 Å². The molecule has 0 saturated heterocycles. The number of thiol groups is 1. The summed E-state index contributed by atoms with van der Waals surface area (Å²) in [6.07, 6.45) is 0. The molecule has 3 N–H and O–H groups in total. The van der Waals surface area contributed by atoms with Crippen molar-refractivity contribution in [3.05, 3.63) is 0 Å². The molecule has 0 aromatic carbocycles. The number of nitrogens with zero attached hydrogens (tertiary/aromatic N) is 1. The molecule has 0 aliphatic rings. The summed E-state index contributed by atoms with van der Waals surface area (Å²) < 4.78 is 0. The lowest BCUT2D eigenvalue weighted by atomic mass is 10.2. The minimum atomic E-state index is -2.66. The van der Waals surface area contributed by atoms with E-state index in [1.165, 1.54) is 0 Å². The molecule has 1 atom stereocenters. The first-order chi connectivity index (χ1) is 5.36. The first-order valence-corrected chi connectivity index (χ1v) is 3.55. The Morgan fingerprint density at radius 3 is 2.08 bits per heavy atom. The zero-order chi connectivity index (χ0) is 9.94. The molecule has 0 heterocycles. The number of hydrogen-bond acceptors (Lipinski definition) is 5. The molecule has 1 amide bonds. The summed E-state index contributed by atoms with van der Waals surface area (Å²) in [7, 11) is 0. The number of carboxylic acid groups (broad SMARTS) is 1. The van der Waals surface area contributed by atoms with Crippen LogP contribution in [0.1, 0.15) is 6.92 Å². The fourth-order valence-corrected chi connectivity index (χ4v) is 0.755. The fraction of sp³-hybridized carbons (Fsp3) is 0.600. The highest BCUT2D eigenvalue weighted by Crippen LogP contribution is 2.11. The van der Waals surface area contributed by atoms with Crippen LogP contribution in [0.2, 0.25) is 0 Å². The van der Waals surface area contributed by atoms with Crippen molar-refractivity contribution in [2.45, 2.75) is 12.6 Å². The van der Waals surface area contributed by atoms with Crippen molar-refractivity contribution in [2.24, 2.45) is 0 Å². The van der Waals surface area contributed by atoms with Crippen LogP contribution in [0.3, 0.4) is 0 Å². The van der Waals surface area contributed by atoms with Gasteiger partial charge in [0.1, 0.15) is 0 Å². The number of carbonyl (C=O) groups excluding carboxylic acids is 1. The number of carbonyl (C=O) groups is 2. The first kappa shape index (κ1) is 11.2. The van der Waals surface area contributed by atoms with Gasteiger partial charge in [-0.2, -0.15) is 17.7 Å². The molecular formula is C5H9NO5S. The maximum absolute atomic E-state index is 10.5. The highest BCUT2D eigenvalue weighted by atomic mass is 32.1. The Morgan fingerprint density at radius 2 is 2.00 bits per heavy atom. The van der Waals surface area contributed by atoms with Crippen LogP contribution >= 0.6 is 12.6 Å². The highest BCUT2D eigenvalue weighted by molar-refractivity contribution is 7.80. The number of rotatable bonds is 3. The second-order valence-corrected chi connectivity index (χ2v) is 2.43. The largest absolute Gasteiger partial charge is 0.478 e. The Kier molecular flexibility index (Phi) is 3.50. The predicted molar refractivity (Wildman–Crippen MR) is 40.7 cm³/mol. The molecule has 7 heteroatoms. The average molecular weight is 195 g/mol. The normalized spacial score (nSPS) is 15.0. The van der Waals surface area contributed by atoms with Crippen LogP contribution in [0.25, 0.3) is 0 Å². The van der Waals surface area contributed by atoms with Crippen molar-refractivity contribution in [1.82, 2.24) is 5.06 Å². The van der Waals surface area contributed by atoms with Crippen molar-refractivity contribution >= 4 is 24.5 Å². The van der Waals surface area contributed by atoms with Gasteiger partial charge >= 0.3 is 5.97 Å². The molecular weight excluding hydrogens is 186 g/mol. The van der Waals surface area contributed by atoms with Gasteiger partial charge in [0, 0.05) is 6.92 Å². The van der Waals surface area contributed by atoms with E-state index < -0.39 is 23.4 Å². The third kappa shape index (κ3) is 1.87. The zero-order valence-electron chi connectivity index (χ0n) is 6.26. The second kappa shape index (κ2) is 3.74. The van der Waals surface area contributed by atoms with E-state index in [4.69, 9.17) is 15.4 Å². The summed E-state index contributed by atoms with van der Waals surface area (Å²) in [6, 6.07) is 0. The summed E-state index contributed by atoms with van der Waals surface area (Å²) in [5, 5.41) is 26.1. The van der Waals surface area contributed by atoms with E-state index >= 15 is 0 Å². The van der Waals surface area contributed by atoms with E-state index in [-0.39, 0.29) is 5.06 Å². The van der Waals surface area contributed by atoms with Gasteiger partial charge in [-0.3, -0.25) is 10.0 Å². The molecule has 12 heavy (non-hydrogen) atoms. The lowest BCUT2D eigenvalue weighted by Gasteiger charge is -2.28. The molecule has 70 valence electrons. The van der Waals surface area contributed by atoms with Gasteiger partial charge in [-0.1, -0.05) is 0 Å². The molecule has 0 aliphatic heterocycles. The number of amides is 1. The summed E-state index contributed by atoms with van der Waals surface area (Å²) >= 11 is 3.49. The van der Waals surface area contributed by atoms with Gasteiger partial charge in [-0.15, -0.1) is 0 Å². The molecule has 1 unspecified atom stereocenters. The Morgan fingerprint density at radius 1 is 1.58 bits per heavy atom. The van der Waals surface area contributed by atoms with Crippen LogP contribution in [0.4, 0.5) is 0 Å². The van der Waals surface area contributed by atoms with Crippen LogP contribution in [0, 0.1) is 0 Å². The second-order valence-electron chi connectivity index (χ2n) is 2.11. The topological polar surface area (TPSA) is 98.1 Å². The third-order valence-corrected chi connectivity index (χ3v) is 1.65. The Labute approximate surface area is 73.8 Å². The SMILES string of the molecule is CC(=O)N(O)C(O)(CS)C(=O)O. The molecule has 0 aromatic rings. The van der Waals surface area contributed by atoms with Crippen LogP contribution in [0.15, 0.2) is 0 Å². The van der Waals surface area contributed by atoms with Gasteiger partial charge in [-0.25, -0.2) is 4.79 Å². The highest BCUT2D eigenvalue weighted by Gasteiger charge is 2.42. The fourth-order valence-electron chi connectivity index (χ4n) is 0.486. The van der Waals surface area contributed by atoms with Crippen LogP contribution in [-0.4, -0.2) is 43.8 Å². The Balaban J connectivity index is 4.75. The first-order valence-electron chi connectivity index (χ1n) is 2.92. The molecule has 0 saturated carbocycles. The van der Waals surface area contributed by atoms with Gasteiger partial charge < -0.3 is 10.2 Å². The van der Waals surface area contributed by atoms with E-state index in [1.807, 2.05) is 0 Å². The zero-order valence-corrected chi connectivity index (χ0v) is 7.15. The Bertz CT molecular complexity index is 208. The predicted octanol–water partition coefficient (Wildman–Crippen LogP) is -1.07. The maximum Gasteiger partial charge on any atom is 0.360 e. The van der Waals surface area contributed by atoms with E-state index in [1.54, 1.807) is 0 Å². The summed E-state index contributed by atoms with van der Waals surface area (Å²) in [5.74, 6) is -3.32. The van der Waals surface area contributed by atoms with Crippen molar-refractivity contribution < 1.29 is 25.0 Å². The lowest BCUT2D eigenvalue weighted by molar-refractivity contribution is -0.245. The van der Waals surface area contributed by atoms with Gasteiger partial charge in [0.15, 0.2) is 0 Å². The molecule has 0 spiro atoms. The molecule has 0 aliphatic carbocycles. The van der Waals surface area contributed by atoms with Crippen molar-refractivity contribution in [3.8, 4) is 0 Å². The summed E-state index contributed by atoms with van der Waals surface area (Å²) in [6.45, 7) is 0.914. The maximum atomic E-state index is 10.5. The van der Waals surface area contributed by atoms with Gasteiger partial charge in [-0.05, 0) is 0 Å². The van der Waals surface area contributed by atoms with Crippen LogP contribution in [-0.2, 0) is 9.59 Å². The molecule has 0 fully saturated rings. The number of aliphatic carboxylic acids is 1. The van der Waals surface area contributed by atoms with E-state index in [0.717, 1.165) is 6.92 Å². The number of carboxylic acids is 1. The minimum Gasteiger partial charge on any atom is -0.478 e. The number of hydrogen-bond donors (Lipinski definition) is 4. The quantitative estimate of drug-likeness (QED) is 0.199. The minimum absolute atomic E-state index is 0.275. The summed E-state index contributed by atoms with van der Waals surface area (Å²) in [4.78, 5) is 20.8. The standard InChI is InChI=1S/C5H9NO5S/c1-3(7)6(11)5(10,2-12)4(8)9/h10-12H,2H2,1H3,(H,8,9). The van der Waals surface area contributed by atoms with Crippen molar-refractivity contribution in [2.75, 3.05) is 5.75 Å². The monoisotopic (exact) mass is 195 g/mol. The van der Waals surface area contributed by atoms with Crippen LogP contribution in [0.5, 0.6) is 0 Å². The number of aliphatic hydroxyl groups is 1. The molecule has 0 rings (SSSR count). The molecule has 6 nitrogen and oxygen atoms in total. The van der Waals surface area contributed by atoms with Gasteiger partial charge in [0.05, 0.1) is 5.75 Å². The van der Waals surface area contributed by atoms with Gasteiger partial charge in [0.2, 0.25) is 5.91 Å². The van der Waals surface area contributed by atoms with E-state index in [0.29, 0.717) is 0 Å².